The van der Waals surface area contributed by atoms with Crippen LogP contribution in [-0.4, -0.2) is 45.8 Å². The summed E-state index contributed by atoms with van der Waals surface area (Å²) in [6.45, 7) is 7.93. The van der Waals surface area contributed by atoms with E-state index >= 15 is 0 Å². The highest BCUT2D eigenvalue weighted by molar-refractivity contribution is 6.04. The molecule has 2 aliphatic heterocycles. The molecule has 2 unspecified atom stereocenters. The predicted octanol–water partition coefficient (Wildman–Crippen LogP) is 1.84. The molecule has 2 heterocycles. The molecule has 0 aromatic heterocycles. The lowest BCUT2D eigenvalue weighted by atomic mass is 10.0. The monoisotopic (exact) mass is 386 g/mol. The van der Waals surface area contributed by atoms with Crippen LogP contribution < -0.4 is 10.6 Å². The van der Waals surface area contributed by atoms with Gasteiger partial charge in [0.25, 0.3) is 11.8 Å². The number of hydrogen-bond donors (Lipinski definition) is 2. The Hall–Kier alpha value is -2.90. The van der Waals surface area contributed by atoms with Crippen molar-refractivity contribution in [3.63, 3.8) is 0 Å². The van der Waals surface area contributed by atoms with Crippen molar-refractivity contribution in [2.75, 3.05) is 0 Å². The molecule has 8 nitrogen and oxygen atoms in total. The molecule has 2 N–H and O–H groups in total. The zero-order valence-corrected chi connectivity index (χ0v) is 16.6. The van der Waals surface area contributed by atoms with Crippen molar-refractivity contribution < 1.29 is 19.2 Å². The van der Waals surface area contributed by atoms with Gasteiger partial charge < -0.3 is 10.6 Å². The molecular weight excluding hydrogens is 360 g/mol. The van der Waals surface area contributed by atoms with Crippen LogP contribution in [-0.2, 0) is 22.7 Å². The molecule has 0 aliphatic carbocycles. The summed E-state index contributed by atoms with van der Waals surface area (Å²) < 4.78 is 0. The van der Waals surface area contributed by atoms with Crippen molar-refractivity contribution in [1.82, 2.24) is 20.4 Å². The van der Waals surface area contributed by atoms with Crippen molar-refractivity contribution in [3.8, 4) is 0 Å². The van der Waals surface area contributed by atoms with Gasteiger partial charge in [-0.3, -0.25) is 19.4 Å². The largest absolute Gasteiger partial charge is 0.326 e. The molecule has 2 aliphatic rings. The van der Waals surface area contributed by atoms with Crippen molar-refractivity contribution in [2.45, 2.75) is 52.9 Å². The molecule has 0 radical (unpaired) electrons. The van der Waals surface area contributed by atoms with Crippen LogP contribution in [0.15, 0.2) is 24.3 Å². The lowest BCUT2D eigenvalue weighted by Gasteiger charge is -2.16. The number of carbonyl (C=O) groups is 4. The molecule has 2 atom stereocenters. The van der Waals surface area contributed by atoms with Crippen LogP contribution in [0.2, 0.25) is 0 Å². The fraction of sp³-hybridized carbons (Fsp3) is 0.500. The van der Waals surface area contributed by atoms with E-state index in [9.17, 15) is 19.2 Å². The topological polar surface area (TPSA) is 98.8 Å². The number of carbonyl (C=O) groups excluding carboxylic acids is 4. The van der Waals surface area contributed by atoms with Crippen LogP contribution in [0.4, 0.5) is 9.59 Å². The molecule has 3 rings (SSSR count). The van der Waals surface area contributed by atoms with E-state index in [0.717, 1.165) is 11.1 Å². The second kappa shape index (κ2) is 7.61. The fourth-order valence-corrected chi connectivity index (χ4v) is 3.40. The SMILES string of the molecule is CC(C)C1NC(=O)N(Cc2ccc(CN3C(=O)NC(C(C)C)C3=O)cc2)C1=O. The van der Waals surface area contributed by atoms with Crippen LogP contribution >= 0.6 is 0 Å². The van der Waals surface area contributed by atoms with Gasteiger partial charge in [-0.25, -0.2) is 9.59 Å². The molecule has 2 fully saturated rings. The maximum Gasteiger partial charge on any atom is 0.325 e. The number of nitrogens with zero attached hydrogens (tertiary/aromatic N) is 2. The summed E-state index contributed by atoms with van der Waals surface area (Å²) in [6, 6.07) is 5.47. The molecule has 150 valence electrons. The van der Waals surface area contributed by atoms with Gasteiger partial charge in [-0.2, -0.15) is 0 Å². The Balaban J connectivity index is 1.65. The van der Waals surface area contributed by atoms with E-state index in [4.69, 9.17) is 0 Å². The molecule has 0 bridgehead atoms. The van der Waals surface area contributed by atoms with E-state index in [1.807, 2.05) is 27.7 Å². The van der Waals surface area contributed by atoms with Gasteiger partial charge in [0.2, 0.25) is 0 Å². The summed E-state index contributed by atoms with van der Waals surface area (Å²) in [5.74, 6) is -0.378. The third-order valence-electron chi connectivity index (χ3n) is 5.15. The number of benzene rings is 1. The number of rotatable bonds is 6. The zero-order valence-electron chi connectivity index (χ0n) is 16.6. The number of imide groups is 2. The summed E-state index contributed by atoms with van der Waals surface area (Å²) in [4.78, 5) is 51.3. The first kappa shape index (κ1) is 19.9. The van der Waals surface area contributed by atoms with Gasteiger partial charge >= 0.3 is 12.1 Å². The number of nitrogens with one attached hydrogen (secondary N) is 2. The van der Waals surface area contributed by atoms with Crippen molar-refractivity contribution in [2.24, 2.45) is 11.8 Å². The van der Waals surface area contributed by atoms with E-state index in [2.05, 4.69) is 10.6 Å². The highest BCUT2D eigenvalue weighted by Gasteiger charge is 2.40. The highest BCUT2D eigenvalue weighted by Crippen LogP contribution is 2.19. The highest BCUT2D eigenvalue weighted by atomic mass is 16.2. The van der Waals surface area contributed by atoms with Gasteiger partial charge in [0.05, 0.1) is 13.1 Å². The molecule has 2 saturated heterocycles. The van der Waals surface area contributed by atoms with Gasteiger partial charge in [0.15, 0.2) is 0 Å². The van der Waals surface area contributed by atoms with Crippen LogP contribution in [0.5, 0.6) is 0 Å². The van der Waals surface area contributed by atoms with Crippen LogP contribution in [0.1, 0.15) is 38.8 Å². The molecule has 8 heteroatoms. The maximum absolute atomic E-state index is 12.4. The van der Waals surface area contributed by atoms with E-state index < -0.39 is 12.1 Å². The summed E-state index contributed by atoms with van der Waals surface area (Å²) in [7, 11) is 0. The molecule has 0 spiro atoms. The lowest BCUT2D eigenvalue weighted by Crippen LogP contribution is -2.34. The van der Waals surface area contributed by atoms with Crippen molar-refractivity contribution in [3.05, 3.63) is 35.4 Å². The van der Waals surface area contributed by atoms with Gasteiger partial charge in [0.1, 0.15) is 12.1 Å². The Morgan fingerprint density at radius 2 is 1.04 bits per heavy atom. The normalized spacial score (nSPS) is 22.5. The van der Waals surface area contributed by atoms with Gasteiger partial charge in [-0.1, -0.05) is 52.0 Å². The van der Waals surface area contributed by atoms with Crippen molar-refractivity contribution >= 4 is 23.9 Å². The van der Waals surface area contributed by atoms with Gasteiger partial charge in [0, 0.05) is 0 Å². The summed E-state index contributed by atoms with van der Waals surface area (Å²) in [5.41, 5.74) is 1.60. The van der Waals surface area contributed by atoms with E-state index in [0.29, 0.717) is 0 Å². The second-order valence-electron chi connectivity index (χ2n) is 8.01. The molecular formula is C20H26N4O4. The van der Waals surface area contributed by atoms with Gasteiger partial charge in [-0.05, 0) is 23.0 Å². The first-order valence-electron chi connectivity index (χ1n) is 9.50. The first-order chi connectivity index (χ1) is 13.2. The summed E-state index contributed by atoms with van der Waals surface area (Å²) in [6.07, 6.45) is 0. The quantitative estimate of drug-likeness (QED) is 0.729. The van der Waals surface area contributed by atoms with Crippen molar-refractivity contribution in [1.29, 1.82) is 0 Å². The lowest BCUT2D eigenvalue weighted by molar-refractivity contribution is -0.129. The Morgan fingerprint density at radius 3 is 1.29 bits per heavy atom. The van der Waals surface area contributed by atoms with E-state index in [1.54, 1.807) is 24.3 Å². The predicted molar refractivity (Wildman–Crippen MR) is 102 cm³/mol. The maximum atomic E-state index is 12.4. The molecule has 1 aromatic carbocycles. The Bertz CT molecular complexity index is 736. The Morgan fingerprint density at radius 1 is 0.714 bits per heavy atom. The number of urea groups is 2. The number of amides is 6. The average molecular weight is 386 g/mol. The van der Waals surface area contributed by atoms with Crippen LogP contribution in [0, 0.1) is 11.8 Å². The smallest absolute Gasteiger partial charge is 0.325 e. The van der Waals surface area contributed by atoms with E-state index in [-0.39, 0.29) is 48.8 Å². The zero-order chi connectivity index (χ0) is 20.6. The minimum atomic E-state index is -0.486. The molecule has 28 heavy (non-hydrogen) atoms. The van der Waals surface area contributed by atoms with Crippen LogP contribution in [0.25, 0.3) is 0 Å². The third kappa shape index (κ3) is 3.72. The number of hydrogen-bond acceptors (Lipinski definition) is 4. The first-order valence-corrected chi connectivity index (χ1v) is 9.50. The van der Waals surface area contributed by atoms with E-state index in [1.165, 1.54) is 9.80 Å². The minimum Gasteiger partial charge on any atom is -0.326 e. The summed E-state index contributed by atoms with van der Waals surface area (Å²) >= 11 is 0. The standard InChI is InChI=1S/C20H26N4O4/c1-11(2)15-17(25)23(19(27)21-15)9-13-5-7-14(8-6-13)10-24-18(26)16(12(3)4)22-20(24)28/h5-8,11-12,15-16H,9-10H2,1-4H3,(H,21,27)(H,22,28). The van der Waals surface area contributed by atoms with Gasteiger partial charge in [-0.15, -0.1) is 0 Å². The molecule has 0 saturated carbocycles. The Labute approximate surface area is 164 Å². The third-order valence-corrected chi connectivity index (χ3v) is 5.15. The average Bonchev–Trinajstić information content (AvgIpc) is 3.08. The Kier molecular flexibility index (Phi) is 5.40. The minimum absolute atomic E-state index is 0.0302. The molecule has 1 aromatic rings. The van der Waals surface area contributed by atoms with Crippen LogP contribution in [0.3, 0.4) is 0 Å². The fourth-order valence-electron chi connectivity index (χ4n) is 3.40. The summed E-state index contributed by atoms with van der Waals surface area (Å²) in [5, 5.41) is 5.41. The second-order valence-corrected chi connectivity index (χ2v) is 8.01. The molecule has 6 amide bonds.